The SMILES string of the molecule is Cc1cc(N)cnc1-c1ccccc1Br. The summed E-state index contributed by atoms with van der Waals surface area (Å²) in [5.41, 5.74) is 9.51. The first-order valence-corrected chi connectivity index (χ1v) is 5.45. The lowest BCUT2D eigenvalue weighted by atomic mass is 10.1. The summed E-state index contributed by atoms with van der Waals surface area (Å²) in [6, 6.07) is 9.96. The molecule has 0 bridgehead atoms. The second-order valence-electron chi connectivity index (χ2n) is 3.41. The van der Waals surface area contributed by atoms with Gasteiger partial charge in [0.1, 0.15) is 0 Å². The molecule has 2 aromatic rings. The topological polar surface area (TPSA) is 38.9 Å². The molecular weight excluding hydrogens is 252 g/mol. The Morgan fingerprint density at radius 2 is 2.00 bits per heavy atom. The number of halogens is 1. The monoisotopic (exact) mass is 262 g/mol. The lowest BCUT2D eigenvalue weighted by Gasteiger charge is -2.07. The van der Waals surface area contributed by atoms with Crippen molar-refractivity contribution in [2.24, 2.45) is 0 Å². The van der Waals surface area contributed by atoms with Crippen LogP contribution in [0.5, 0.6) is 0 Å². The maximum atomic E-state index is 5.67. The summed E-state index contributed by atoms with van der Waals surface area (Å²) >= 11 is 3.51. The third-order valence-electron chi connectivity index (χ3n) is 2.23. The summed E-state index contributed by atoms with van der Waals surface area (Å²) in [6.45, 7) is 2.01. The maximum Gasteiger partial charge on any atom is 0.0744 e. The molecule has 0 aliphatic heterocycles. The predicted molar refractivity (Wildman–Crippen MR) is 66.5 cm³/mol. The first kappa shape index (κ1) is 10.2. The van der Waals surface area contributed by atoms with Crippen LogP contribution in [0, 0.1) is 6.92 Å². The van der Waals surface area contributed by atoms with Gasteiger partial charge in [0.05, 0.1) is 17.6 Å². The second-order valence-corrected chi connectivity index (χ2v) is 4.27. The maximum absolute atomic E-state index is 5.67. The number of nitrogens with zero attached hydrogens (tertiary/aromatic N) is 1. The number of nitrogens with two attached hydrogens (primary N) is 1. The van der Waals surface area contributed by atoms with E-state index in [0.717, 1.165) is 21.3 Å². The Kier molecular flexibility index (Phi) is 2.73. The van der Waals surface area contributed by atoms with Crippen molar-refractivity contribution in [1.29, 1.82) is 0 Å². The summed E-state index contributed by atoms with van der Waals surface area (Å²) in [4.78, 5) is 4.35. The van der Waals surface area contributed by atoms with Gasteiger partial charge in [0.2, 0.25) is 0 Å². The molecule has 15 heavy (non-hydrogen) atoms. The highest BCUT2D eigenvalue weighted by molar-refractivity contribution is 9.10. The van der Waals surface area contributed by atoms with Gasteiger partial charge in [-0.25, -0.2) is 0 Å². The van der Waals surface area contributed by atoms with Gasteiger partial charge in [0.25, 0.3) is 0 Å². The van der Waals surface area contributed by atoms with E-state index >= 15 is 0 Å². The molecule has 3 heteroatoms. The molecule has 1 aromatic heterocycles. The van der Waals surface area contributed by atoms with E-state index in [-0.39, 0.29) is 0 Å². The van der Waals surface area contributed by atoms with Crippen molar-refractivity contribution < 1.29 is 0 Å². The minimum absolute atomic E-state index is 0.698. The highest BCUT2D eigenvalue weighted by Crippen LogP contribution is 2.29. The van der Waals surface area contributed by atoms with Crippen LogP contribution in [0.3, 0.4) is 0 Å². The van der Waals surface area contributed by atoms with E-state index in [0.29, 0.717) is 5.69 Å². The van der Waals surface area contributed by atoms with Crippen LogP contribution in [-0.4, -0.2) is 4.98 Å². The van der Waals surface area contributed by atoms with Gasteiger partial charge in [-0.2, -0.15) is 0 Å². The van der Waals surface area contributed by atoms with Crippen molar-refractivity contribution in [3.63, 3.8) is 0 Å². The number of benzene rings is 1. The van der Waals surface area contributed by atoms with Crippen molar-refractivity contribution in [1.82, 2.24) is 4.98 Å². The molecule has 0 atom stereocenters. The van der Waals surface area contributed by atoms with Crippen molar-refractivity contribution >= 4 is 21.6 Å². The molecular formula is C12H11BrN2. The van der Waals surface area contributed by atoms with Gasteiger partial charge >= 0.3 is 0 Å². The molecule has 0 fully saturated rings. The summed E-state index contributed by atoms with van der Waals surface area (Å²) in [7, 11) is 0. The number of pyridine rings is 1. The molecule has 0 unspecified atom stereocenters. The molecule has 0 aliphatic rings. The number of aryl methyl sites for hydroxylation is 1. The van der Waals surface area contributed by atoms with Gasteiger partial charge in [-0.3, -0.25) is 4.98 Å². The van der Waals surface area contributed by atoms with Crippen LogP contribution in [0.15, 0.2) is 41.0 Å². The summed E-state index contributed by atoms with van der Waals surface area (Å²) in [6.07, 6.45) is 1.68. The molecule has 76 valence electrons. The molecule has 0 saturated heterocycles. The van der Waals surface area contributed by atoms with Gasteiger partial charge in [0.15, 0.2) is 0 Å². The number of nitrogen functional groups attached to an aromatic ring is 1. The van der Waals surface area contributed by atoms with E-state index in [1.807, 2.05) is 37.3 Å². The van der Waals surface area contributed by atoms with E-state index in [1.165, 1.54) is 0 Å². The molecule has 1 heterocycles. The normalized spacial score (nSPS) is 10.3. The van der Waals surface area contributed by atoms with Crippen molar-refractivity contribution in [3.05, 3.63) is 46.6 Å². The Bertz CT molecular complexity index is 495. The number of aromatic nitrogens is 1. The third-order valence-corrected chi connectivity index (χ3v) is 2.92. The van der Waals surface area contributed by atoms with E-state index in [1.54, 1.807) is 6.20 Å². The van der Waals surface area contributed by atoms with Crippen LogP contribution < -0.4 is 5.73 Å². The number of rotatable bonds is 1. The number of hydrogen-bond donors (Lipinski definition) is 1. The van der Waals surface area contributed by atoms with Crippen LogP contribution in [0.2, 0.25) is 0 Å². The number of anilines is 1. The first-order chi connectivity index (χ1) is 7.18. The molecule has 2 rings (SSSR count). The predicted octanol–water partition coefficient (Wildman–Crippen LogP) is 3.40. The smallest absolute Gasteiger partial charge is 0.0744 e. The van der Waals surface area contributed by atoms with Gasteiger partial charge in [-0.05, 0) is 24.6 Å². The molecule has 2 N–H and O–H groups in total. The highest BCUT2D eigenvalue weighted by atomic mass is 79.9. The third kappa shape index (κ3) is 2.02. The average Bonchev–Trinajstić information content (AvgIpc) is 2.20. The molecule has 0 amide bonds. The summed E-state index contributed by atoms with van der Waals surface area (Å²) in [5.74, 6) is 0. The van der Waals surface area contributed by atoms with E-state index < -0.39 is 0 Å². The molecule has 0 radical (unpaired) electrons. The lowest BCUT2D eigenvalue weighted by molar-refractivity contribution is 1.27. The highest BCUT2D eigenvalue weighted by Gasteiger charge is 2.06. The van der Waals surface area contributed by atoms with Gasteiger partial charge in [-0.1, -0.05) is 34.1 Å². The van der Waals surface area contributed by atoms with Crippen LogP contribution in [0.4, 0.5) is 5.69 Å². The Labute approximate surface area is 97.3 Å². The quantitative estimate of drug-likeness (QED) is 0.856. The van der Waals surface area contributed by atoms with Crippen molar-refractivity contribution in [2.75, 3.05) is 5.73 Å². The fraction of sp³-hybridized carbons (Fsp3) is 0.0833. The van der Waals surface area contributed by atoms with E-state index in [2.05, 4.69) is 20.9 Å². The summed E-state index contributed by atoms with van der Waals surface area (Å²) in [5, 5.41) is 0. The Morgan fingerprint density at radius 1 is 1.27 bits per heavy atom. The van der Waals surface area contributed by atoms with E-state index in [9.17, 15) is 0 Å². The van der Waals surface area contributed by atoms with Crippen molar-refractivity contribution in [2.45, 2.75) is 6.92 Å². The van der Waals surface area contributed by atoms with Crippen LogP contribution in [-0.2, 0) is 0 Å². The molecule has 2 nitrogen and oxygen atoms in total. The number of hydrogen-bond acceptors (Lipinski definition) is 2. The van der Waals surface area contributed by atoms with Crippen LogP contribution in [0.1, 0.15) is 5.56 Å². The molecule has 0 saturated carbocycles. The fourth-order valence-electron chi connectivity index (χ4n) is 1.53. The fourth-order valence-corrected chi connectivity index (χ4v) is 2.00. The minimum Gasteiger partial charge on any atom is -0.397 e. The molecule has 0 spiro atoms. The van der Waals surface area contributed by atoms with Crippen LogP contribution in [0.25, 0.3) is 11.3 Å². The zero-order valence-corrected chi connectivity index (χ0v) is 9.95. The first-order valence-electron chi connectivity index (χ1n) is 4.65. The summed E-state index contributed by atoms with van der Waals surface area (Å²) < 4.78 is 1.05. The van der Waals surface area contributed by atoms with E-state index in [4.69, 9.17) is 5.73 Å². The zero-order chi connectivity index (χ0) is 10.8. The Balaban J connectivity index is 2.60. The Hall–Kier alpha value is -1.35. The molecule has 0 aliphatic carbocycles. The largest absolute Gasteiger partial charge is 0.397 e. The van der Waals surface area contributed by atoms with Crippen molar-refractivity contribution in [3.8, 4) is 11.3 Å². The van der Waals surface area contributed by atoms with Crippen LogP contribution >= 0.6 is 15.9 Å². The Morgan fingerprint density at radius 3 is 2.67 bits per heavy atom. The van der Waals surface area contributed by atoms with Gasteiger partial charge in [-0.15, -0.1) is 0 Å². The second kappa shape index (κ2) is 4.03. The lowest BCUT2D eigenvalue weighted by Crippen LogP contribution is -1.93. The van der Waals surface area contributed by atoms with Gasteiger partial charge in [0, 0.05) is 10.0 Å². The zero-order valence-electron chi connectivity index (χ0n) is 8.37. The van der Waals surface area contributed by atoms with Gasteiger partial charge < -0.3 is 5.73 Å². The molecule has 1 aromatic carbocycles. The average molecular weight is 263 g/mol. The standard InChI is InChI=1S/C12H11BrN2/c1-8-6-9(14)7-15-12(8)10-4-2-3-5-11(10)13/h2-7H,14H2,1H3. The minimum atomic E-state index is 0.698.